The van der Waals surface area contributed by atoms with Crippen molar-refractivity contribution in [2.24, 2.45) is 5.73 Å². The zero-order chi connectivity index (χ0) is 14.0. The first-order valence-electron chi connectivity index (χ1n) is 5.28. The van der Waals surface area contributed by atoms with Gasteiger partial charge in [-0.05, 0) is 36.4 Å². The van der Waals surface area contributed by atoms with Crippen molar-refractivity contribution in [3.05, 3.63) is 57.0 Å². The maximum Gasteiger partial charge on any atom is 0.104 e. The smallest absolute Gasteiger partial charge is 0.104 e. The molecule has 0 bridgehead atoms. The van der Waals surface area contributed by atoms with Gasteiger partial charge >= 0.3 is 0 Å². The second-order valence-corrected chi connectivity index (χ2v) is 5.56. The van der Waals surface area contributed by atoms with E-state index in [9.17, 15) is 0 Å². The van der Waals surface area contributed by atoms with Crippen molar-refractivity contribution >= 4 is 63.4 Å². The average molecular weight is 332 g/mol. The molecule has 98 valence electrons. The lowest BCUT2D eigenvalue weighted by molar-refractivity contribution is 1.53. The molecule has 19 heavy (non-hydrogen) atoms. The molecule has 0 aliphatic heterocycles. The highest BCUT2D eigenvalue weighted by Crippen LogP contribution is 2.29. The molecule has 0 heterocycles. The van der Waals surface area contributed by atoms with Crippen molar-refractivity contribution in [3.8, 4) is 0 Å². The van der Waals surface area contributed by atoms with Gasteiger partial charge in [-0.3, -0.25) is 0 Å². The van der Waals surface area contributed by atoms with Gasteiger partial charge in [0.2, 0.25) is 0 Å². The van der Waals surface area contributed by atoms with Gasteiger partial charge in [-0.15, -0.1) is 0 Å². The van der Waals surface area contributed by atoms with E-state index in [0.29, 0.717) is 20.1 Å². The summed E-state index contributed by atoms with van der Waals surface area (Å²) in [6.07, 6.45) is 0. The number of hydrogen-bond donors (Lipinski definition) is 2. The summed E-state index contributed by atoms with van der Waals surface area (Å²) in [5.41, 5.74) is 7.73. The van der Waals surface area contributed by atoms with Crippen molar-refractivity contribution in [2.45, 2.75) is 0 Å². The Balaban J connectivity index is 2.30. The van der Waals surface area contributed by atoms with E-state index >= 15 is 0 Å². The van der Waals surface area contributed by atoms with E-state index in [0.717, 1.165) is 16.9 Å². The van der Waals surface area contributed by atoms with Crippen LogP contribution in [0.25, 0.3) is 0 Å². The van der Waals surface area contributed by atoms with Crippen LogP contribution in [0.15, 0.2) is 36.4 Å². The van der Waals surface area contributed by atoms with Crippen molar-refractivity contribution < 1.29 is 0 Å². The number of nitrogens with two attached hydrogens (primary N) is 1. The zero-order valence-corrected chi connectivity index (χ0v) is 12.7. The van der Waals surface area contributed by atoms with Crippen LogP contribution in [-0.4, -0.2) is 4.99 Å². The molecule has 0 aliphatic rings. The van der Waals surface area contributed by atoms with Crippen LogP contribution in [-0.2, 0) is 0 Å². The molecule has 6 heteroatoms. The van der Waals surface area contributed by atoms with Gasteiger partial charge in [0.15, 0.2) is 0 Å². The molecule has 0 spiro atoms. The summed E-state index contributed by atoms with van der Waals surface area (Å²) in [4.78, 5) is 0.305. The molecule has 0 aromatic heterocycles. The normalized spacial score (nSPS) is 10.3. The van der Waals surface area contributed by atoms with Crippen LogP contribution in [0, 0.1) is 0 Å². The first-order chi connectivity index (χ1) is 8.95. The van der Waals surface area contributed by atoms with E-state index in [1.807, 2.05) is 0 Å². The zero-order valence-electron chi connectivity index (χ0n) is 9.58. The highest BCUT2D eigenvalue weighted by Gasteiger charge is 2.05. The van der Waals surface area contributed by atoms with Gasteiger partial charge < -0.3 is 11.1 Å². The predicted molar refractivity (Wildman–Crippen MR) is 87.1 cm³/mol. The number of halogens is 3. The molecule has 0 radical (unpaired) electrons. The number of benzene rings is 2. The number of rotatable bonds is 3. The van der Waals surface area contributed by atoms with Crippen LogP contribution in [0.2, 0.25) is 15.1 Å². The van der Waals surface area contributed by atoms with E-state index in [1.165, 1.54) is 0 Å². The van der Waals surface area contributed by atoms with E-state index in [2.05, 4.69) is 5.32 Å². The fourth-order valence-corrected chi connectivity index (χ4v) is 2.43. The average Bonchev–Trinajstić information content (AvgIpc) is 2.30. The van der Waals surface area contributed by atoms with Gasteiger partial charge in [0.25, 0.3) is 0 Å². The molecule has 3 N–H and O–H groups in total. The van der Waals surface area contributed by atoms with Crippen LogP contribution in [0.1, 0.15) is 5.56 Å². The maximum atomic E-state index is 6.16. The van der Waals surface area contributed by atoms with Crippen molar-refractivity contribution in [3.63, 3.8) is 0 Å². The molecular weight excluding hydrogens is 323 g/mol. The Labute approximate surface area is 131 Å². The number of hydrogen-bond acceptors (Lipinski definition) is 2. The lowest BCUT2D eigenvalue weighted by Crippen LogP contribution is -2.09. The van der Waals surface area contributed by atoms with Crippen LogP contribution in [0.4, 0.5) is 11.4 Å². The molecule has 0 atom stereocenters. The summed E-state index contributed by atoms with van der Waals surface area (Å²) < 4.78 is 0. The Morgan fingerprint density at radius 2 is 1.63 bits per heavy atom. The van der Waals surface area contributed by atoms with Gasteiger partial charge in [0.05, 0.1) is 10.7 Å². The number of anilines is 2. The van der Waals surface area contributed by atoms with Crippen LogP contribution < -0.4 is 11.1 Å². The van der Waals surface area contributed by atoms with Gasteiger partial charge in [-0.25, -0.2) is 0 Å². The van der Waals surface area contributed by atoms with Crippen molar-refractivity contribution in [1.29, 1.82) is 0 Å². The van der Waals surface area contributed by atoms with Crippen LogP contribution in [0.5, 0.6) is 0 Å². The monoisotopic (exact) mass is 330 g/mol. The largest absolute Gasteiger partial charge is 0.389 e. The third-order valence-corrected chi connectivity index (χ3v) is 3.38. The Bertz CT molecular complexity index is 624. The standard InChI is InChI=1S/C13H9Cl3N2S/c14-8-4-9(15)6-10(5-8)18-12-2-1-7(13(17)19)3-11(12)16/h1-6,18H,(H2,17,19). The molecule has 0 amide bonds. The summed E-state index contributed by atoms with van der Waals surface area (Å²) in [5.74, 6) is 0. The first-order valence-corrected chi connectivity index (χ1v) is 6.82. The summed E-state index contributed by atoms with van der Waals surface area (Å²) in [7, 11) is 0. The SMILES string of the molecule is NC(=S)c1ccc(Nc2cc(Cl)cc(Cl)c2)c(Cl)c1. The third-order valence-electron chi connectivity index (χ3n) is 2.40. The molecule has 0 saturated heterocycles. The Hall–Kier alpha value is -1.000. The Kier molecular flexibility index (Phi) is 4.53. The van der Waals surface area contributed by atoms with Gasteiger partial charge in [-0.2, -0.15) is 0 Å². The Morgan fingerprint density at radius 1 is 1.00 bits per heavy atom. The summed E-state index contributed by atoms with van der Waals surface area (Å²) in [6.45, 7) is 0. The van der Waals surface area contributed by atoms with E-state index in [4.69, 9.17) is 52.8 Å². The number of nitrogens with one attached hydrogen (secondary N) is 1. The molecule has 2 aromatic carbocycles. The maximum absolute atomic E-state index is 6.16. The van der Waals surface area contributed by atoms with Gasteiger partial charge in [0.1, 0.15) is 4.99 Å². The second kappa shape index (κ2) is 5.97. The minimum atomic E-state index is 0.305. The molecule has 2 nitrogen and oxygen atoms in total. The summed E-state index contributed by atoms with van der Waals surface area (Å²) >= 11 is 22.9. The van der Waals surface area contributed by atoms with Crippen LogP contribution >= 0.6 is 47.0 Å². The molecule has 2 rings (SSSR count). The second-order valence-electron chi connectivity index (χ2n) is 3.84. The highest BCUT2D eigenvalue weighted by atomic mass is 35.5. The van der Waals surface area contributed by atoms with Crippen LogP contribution in [0.3, 0.4) is 0 Å². The lowest BCUT2D eigenvalue weighted by Gasteiger charge is -2.10. The minimum absolute atomic E-state index is 0.305. The minimum Gasteiger partial charge on any atom is -0.389 e. The molecule has 0 unspecified atom stereocenters. The van der Waals surface area contributed by atoms with E-state index in [1.54, 1.807) is 36.4 Å². The summed E-state index contributed by atoms with van der Waals surface area (Å²) in [6, 6.07) is 10.5. The Morgan fingerprint density at radius 3 is 2.16 bits per heavy atom. The van der Waals surface area contributed by atoms with E-state index in [-0.39, 0.29) is 0 Å². The third kappa shape index (κ3) is 3.74. The fourth-order valence-electron chi connectivity index (χ4n) is 1.55. The molecule has 0 saturated carbocycles. The van der Waals surface area contributed by atoms with Crippen molar-refractivity contribution in [1.82, 2.24) is 0 Å². The summed E-state index contributed by atoms with van der Waals surface area (Å²) in [5, 5.41) is 4.74. The quantitative estimate of drug-likeness (QED) is 0.775. The molecule has 0 fully saturated rings. The lowest BCUT2D eigenvalue weighted by atomic mass is 10.2. The number of thiocarbonyl (C=S) groups is 1. The van der Waals surface area contributed by atoms with Gasteiger partial charge in [0, 0.05) is 21.3 Å². The van der Waals surface area contributed by atoms with E-state index < -0.39 is 0 Å². The molecule has 0 aliphatic carbocycles. The molecule has 2 aromatic rings. The predicted octanol–water partition coefficient (Wildman–Crippen LogP) is 5.02. The van der Waals surface area contributed by atoms with Gasteiger partial charge in [-0.1, -0.05) is 47.0 Å². The fraction of sp³-hybridized carbons (Fsp3) is 0. The van der Waals surface area contributed by atoms with Crippen molar-refractivity contribution in [2.75, 3.05) is 5.32 Å². The topological polar surface area (TPSA) is 38.0 Å². The highest BCUT2D eigenvalue weighted by molar-refractivity contribution is 7.80. The first kappa shape index (κ1) is 14.4. The molecular formula is C13H9Cl3N2S.